The molecule has 2 rings (SSSR count). The van der Waals surface area contributed by atoms with Crippen LogP contribution in [-0.2, 0) is 12.8 Å². The first-order valence-corrected chi connectivity index (χ1v) is 5.36. The Bertz CT molecular complexity index is 309. The highest BCUT2D eigenvalue weighted by atomic mass is 16.2. The van der Waals surface area contributed by atoms with Gasteiger partial charge >= 0.3 is 0 Å². The molecule has 0 unspecified atom stereocenters. The zero-order chi connectivity index (χ0) is 9.80. The molecule has 1 heterocycles. The molecule has 2 heteroatoms. The van der Waals surface area contributed by atoms with Gasteiger partial charge in [0.15, 0.2) is 0 Å². The van der Waals surface area contributed by atoms with Gasteiger partial charge in [0.05, 0.1) is 0 Å². The number of hydrogen-bond acceptors (Lipinski definition) is 2. The van der Waals surface area contributed by atoms with Crippen molar-refractivity contribution in [2.75, 3.05) is 18.5 Å². The van der Waals surface area contributed by atoms with E-state index in [4.69, 9.17) is 5.11 Å². The maximum Gasteiger partial charge on any atom is 0.0471 e. The molecule has 0 aliphatic carbocycles. The van der Waals surface area contributed by atoms with Gasteiger partial charge in [-0.1, -0.05) is 12.1 Å². The van der Waals surface area contributed by atoms with E-state index in [-0.39, 0.29) is 6.61 Å². The van der Waals surface area contributed by atoms with E-state index < -0.39 is 0 Å². The Morgan fingerprint density at radius 2 is 2.21 bits per heavy atom. The number of aliphatic hydroxyl groups is 1. The summed E-state index contributed by atoms with van der Waals surface area (Å²) >= 11 is 0. The monoisotopic (exact) mass is 191 g/mol. The number of aryl methyl sites for hydroxylation is 1. The SMILES string of the molecule is OCCc1ccc2c(c1)NCCCC2. The lowest BCUT2D eigenvalue weighted by Gasteiger charge is -2.09. The average Bonchev–Trinajstić information content (AvgIpc) is 2.42. The number of hydrogen-bond donors (Lipinski definition) is 2. The molecule has 1 aliphatic rings. The van der Waals surface area contributed by atoms with E-state index in [2.05, 4.69) is 23.5 Å². The minimum atomic E-state index is 0.235. The van der Waals surface area contributed by atoms with E-state index in [1.165, 1.54) is 36.1 Å². The highest BCUT2D eigenvalue weighted by Crippen LogP contribution is 2.22. The van der Waals surface area contributed by atoms with Crippen molar-refractivity contribution >= 4 is 5.69 Å². The summed E-state index contributed by atoms with van der Waals surface area (Å²) in [6.07, 6.45) is 4.47. The van der Waals surface area contributed by atoms with Crippen LogP contribution >= 0.6 is 0 Å². The molecule has 1 aromatic rings. The van der Waals surface area contributed by atoms with Crippen molar-refractivity contribution in [2.24, 2.45) is 0 Å². The molecule has 0 bridgehead atoms. The second-order valence-electron chi connectivity index (χ2n) is 3.85. The number of fused-ring (bicyclic) bond motifs is 1. The fourth-order valence-electron chi connectivity index (χ4n) is 1.95. The fraction of sp³-hybridized carbons (Fsp3) is 0.500. The van der Waals surface area contributed by atoms with Gasteiger partial charge in [-0.25, -0.2) is 0 Å². The second-order valence-corrected chi connectivity index (χ2v) is 3.85. The quantitative estimate of drug-likeness (QED) is 0.749. The molecule has 1 aliphatic heterocycles. The molecule has 0 radical (unpaired) electrons. The summed E-state index contributed by atoms with van der Waals surface area (Å²) in [5, 5.41) is 12.3. The van der Waals surface area contributed by atoms with Crippen LogP contribution in [0.25, 0.3) is 0 Å². The van der Waals surface area contributed by atoms with Gasteiger partial charge in [0.1, 0.15) is 0 Å². The van der Waals surface area contributed by atoms with Gasteiger partial charge in [0.25, 0.3) is 0 Å². The second kappa shape index (κ2) is 4.47. The lowest BCUT2D eigenvalue weighted by molar-refractivity contribution is 0.299. The summed E-state index contributed by atoms with van der Waals surface area (Å²) in [5.74, 6) is 0. The third-order valence-electron chi connectivity index (χ3n) is 2.76. The van der Waals surface area contributed by atoms with Crippen molar-refractivity contribution in [3.05, 3.63) is 29.3 Å². The van der Waals surface area contributed by atoms with Crippen LogP contribution in [0.2, 0.25) is 0 Å². The molecule has 0 saturated heterocycles. The van der Waals surface area contributed by atoms with E-state index >= 15 is 0 Å². The van der Waals surface area contributed by atoms with Crippen LogP contribution in [-0.4, -0.2) is 18.3 Å². The molecule has 2 nitrogen and oxygen atoms in total. The van der Waals surface area contributed by atoms with Crippen LogP contribution in [0.15, 0.2) is 18.2 Å². The summed E-state index contributed by atoms with van der Waals surface area (Å²) in [4.78, 5) is 0. The van der Waals surface area contributed by atoms with Gasteiger partial charge in [-0.15, -0.1) is 0 Å². The Balaban J connectivity index is 2.23. The number of aliphatic hydroxyl groups excluding tert-OH is 1. The zero-order valence-electron chi connectivity index (χ0n) is 8.42. The third kappa shape index (κ3) is 2.07. The fourth-order valence-corrected chi connectivity index (χ4v) is 1.95. The summed E-state index contributed by atoms with van der Waals surface area (Å²) in [6.45, 7) is 1.31. The first-order chi connectivity index (χ1) is 6.90. The van der Waals surface area contributed by atoms with E-state index in [1.807, 2.05) is 0 Å². The van der Waals surface area contributed by atoms with Crippen molar-refractivity contribution in [1.82, 2.24) is 0 Å². The largest absolute Gasteiger partial charge is 0.396 e. The lowest BCUT2D eigenvalue weighted by Crippen LogP contribution is -2.01. The predicted octanol–water partition coefficient (Wildman–Crippen LogP) is 1.97. The van der Waals surface area contributed by atoms with Crippen molar-refractivity contribution < 1.29 is 5.11 Å². The highest BCUT2D eigenvalue weighted by molar-refractivity contribution is 5.54. The molecule has 0 atom stereocenters. The van der Waals surface area contributed by atoms with Crippen LogP contribution in [0.4, 0.5) is 5.69 Å². The van der Waals surface area contributed by atoms with Crippen LogP contribution in [0, 0.1) is 0 Å². The Morgan fingerprint density at radius 1 is 1.29 bits per heavy atom. The number of nitrogens with one attached hydrogen (secondary N) is 1. The smallest absolute Gasteiger partial charge is 0.0471 e. The van der Waals surface area contributed by atoms with Crippen LogP contribution < -0.4 is 5.32 Å². The molecule has 0 spiro atoms. The molecular formula is C12H17NO. The first kappa shape index (κ1) is 9.53. The van der Waals surface area contributed by atoms with Gasteiger partial charge < -0.3 is 10.4 Å². The average molecular weight is 191 g/mol. The molecule has 0 fully saturated rings. The molecule has 76 valence electrons. The van der Waals surface area contributed by atoms with E-state index in [0.717, 1.165) is 13.0 Å². The maximum atomic E-state index is 8.86. The van der Waals surface area contributed by atoms with Gasteiger partial charge in [0.2, 0.25) is 0 Å². The Hall–Kier alpha value is -1.02. The lowest BCUT2D eigenvalue weighted by atomic mass is 10.0. The van der Waals surface area contributed by atoms with Crippen molar-refractivity contribution in [2.45, 2.75) is 25.7 Å². The Kier molecular flexibility index (Phi) is 3.04. The Labute approximate surface area is 85.0 Å². The Morgan fingerprint density at radius 3 is 3.07 bits per heavy atom. The number of rotatable bonds is 2. The van der Waals surface area contributed by atoms with Gasteiger partial charge in [0, 0.05) is 18.8 Å². The van der Waals surface area contributed by atoms with Crippen LogP contribution in [0.5, 0.6) is 0 Å². The van der Waals surface area contributed by atoms with Crippen LogP contribution in [0.3, 0.4) is 0 Å². The molecule has 2 N–H and O–H groups in total. The van der Waals surface area contributed by atoms with E-state index in [0.29, 0.717) is 0 Å². The minimum Gasteiger partial charge on any atom is -0.396 e. The predicted molar refractivity (Wildman–Crippen MR) is 58.7 cm³/mol. The summed E-state index contributed by atoms with van der Waals surface area (Å²) in [7, 11) is 0. The highest BCUT2D eigenvalue weighted by Gasteiger charge is 2.07. The molecule has 1 aromatic carbocycles. The number of benzene rings is 1. The third-order valence-corrected chi connectivity index (χ3v) is 2.76. The van der Waals surface area contributed by atoms with Crippen molar-refractivity contribution in [3.8, 4) is 0 Å². The summed E-state index contributed by atoms with van der Waals surface area (Å²) < 4.78 is 0. The zero-order valence-corrected chi connectivity index (χ0v) is 8.42. The molecule has 0 saturated carbocycles. The van der Waals surface area contributed by atoms with Gasteiger partial charge in [-0.2, -0.15) is 0 Å². The first-order valence-electron chi connectivity index (χ1n) is 5.36. The van der Waals surface area contributed by atoms with Gasteiger partial charge in [-0.05, 0) is 42.9 Å². The number of anilines is 1. The molecule has 0 amide bonds. The van der Waals surface area contributed by atoms with Gasteiger partial charge in [-0.3, -0.25) is 0 Å². The topological polar surface area (TPSA) is 32.3 Å². The maximum absolute atomic E-state index is 8.86. The van der Waals surface area contributed by atoms with E-state index in [9.17, 15) is 0 Å². The van der Waals surface area contributed by atoms with Crippen LogP contribution in [0.1, 0.15) is 24.0 Å². The standard InChI is InChI=1S/C12H17NO/c14-8-6-10-4-5-11-3-1-2-7-13-12(11)9-10/h4-5,9,13-14H,1-3,6-8H2. The summed E-state index contributed by atoms with van der Waals surface area (Å²) in [6, 6.07) is 6.50. The minimum absolute atomic E-state index is 0.235. The van der Waals surface area contributed by atoms with Crippen molar-refractivity contribution in [3.63, 3.8) is 0 Å². The van der Waals surface area contributed by atoms with Crippen molar-refractivity contribution in [1.29, 1.82) is 0 Å². The summed E-state index contributed by atoms with van der Waals surface area (Å²) in [5.41, 5.74) is 3.92. The molecule has 0 aromatic heterocycles. The van der Waals surface area contributed by atoms with E-state index in [1.54, 1.807) is 0 Å². The normalized spacial score (nSPS) is 15.5. The molecular weight excluding hydrogens is 174 g/mol. The molecule has 14 heavy (non-hydrogen) atoms.